The van der Waals surface area contributed by atoms with Gasteiger partial charge >= 0.3 is 5.97 Å². The molecule has 8 heteroatoms. The molecule has 0 saturated heterocycles. The molecule has 168 valence electrons. The van der Waals surface area contributed by atoms with Gasteiger partial charge < -0.3 is 14.2 Å². The second-order valence-electron chi connectivity index (χ2n) is 6.89. The number of nitrogens with zero attached hydrogens (tertiary/aromatic N) is 1. The Bertz CT molecular complexity index is 905. The zero-order valence-electron chi connectivity index (χ0n) is 18.1. The number of carbonyl (C=O) groups excluding carboxylic acids is 1. The van der Waals surface area contributed by atoms with Crippen molar-refractivity contribution in [2.75, 3.05) is 21.3 Å². The standard InChI is InChI=1S/C23H29NO6S/c1-5-6-7-22(23(25)30-4)31(26,27)24(16-18-8-12-20(28-2)13-9-18)17-19-10-14-21(29-3)15-11-19/h5,8-15,22H,1,6-7,16-17H2,2-4H3/t22-/m1/s1. The normalized spacial score (nSPS) is 12.3. The van der Waals surface area contributed by atoms with Crippen LogP contribution in [0.3, 0.4) is 0 Å². The zero-order chi connectivity index (χ0) is 22.9. The largest absolute Gasteiger partial charge is 0.497 e. The minimum atomic E-state index is -4.03. The third-order valence-electron chi connectivity index (χ3n) is 4.85. The first-order valence-corrected chi connectivity index (χ1v) is 11.3. The van der Waals surface area contributed by atoms with E-state index in [0.717, 1.165) is 11.1 Å². The van der Waals surface area contributed by atoms with Crippen molar-refractivity contribution in [2.45, 2.75) is 31.2 Å². The number of allylic oxidation sites excluding steroid dienone is 1. The highest BCUT2D eigenvalue weighted by Gasteiger charge is 2.38. The van der Waals surface area contributed by atoms with E-state index in [2.05, 4.69) is 6.58 Å². The molecule has 0 radical (unpaired) electrons. The molecule has 7 nitrogen and oxygen atoms in total. The highest BCUT2D eigenvalue weighted by Crippen LogP contribution is 2.23. The first-order chi connectivity index (χ1) is 14.8. The van der Waals surface area contributed by atoms with E-state index in [0.29, 0.717) is 17.9 Å². The number of methoxy groups -OCH3 is 3. The molecule has 0 heterocycles. The number of esters is 1. The molecule has 31 heavy (non-hydrogen) atoms. The van der Waals surface area contributed by atoms with Crippen LogP contribution in [0.15, 0.2) is 61.2 Å². The predicted molar refractivity (Wildman–Crippen MR) is 119 cm³/mol. The average Bonchev–Trinajstić information content (AvgIpc) is 2.79. The Morgan fingerprint density at radius 3 is 1.74 bits per heavy atom. The van der Waals surface area contributed by atoms with Crippen molar-refractivity contribution in [2.24, 2.45) is 0 Å². The van der Waals surface area contributed by atoms with E-state index in [9.17, 15) is 13.2 Å². The fraction of sp³-hybridized carbons (Fsp3) is 0.348. The molecule has 2 aromatic carbocycles. The number of rotatable bonds is 12. The van der Waals surface area contributed by atoms with Crippen LogP contribution in [0.4, 0.5) is 0 Å². The first-order valence-electron chi connectivity index (χ1n) is 9.79. The summed E-state index contributed by atoms with van der Waals surface area (Å²) < 4.78 is 43.5. The van der Waals surface area contributed by atoms with E-state index in [1.807, 2.05) is 0 Å². The number of carbonyl (C=O) groups is 1. The van der Waals surface area contributed by atoms with Crippen molar-refractivity contribution in [3.8, 4) is 11.5 Å². The van der Waals surface area contributed by atoms with Gasteiger partial charge in [-0.05, 0) is 48.2 Å². The summed E-state index contributed by atoms with van der Waals surface area (Å²) in [6.07, 6.45) is 2.06. The Kier molecular flexibility index (Phi) is 9.08. The molecular formula is C23H29NO6S. The Hall–Kier alpha value is -2.84. The van der Waals surface area contributed by atoms with Gasteiger partial charge in [0.1, 0.15) is 11.5 Å². The first kappa shape index (κ1) is 24.4. The summed E-state index contributed by atoms with van der Waals surface area (Å²) in [5.41, 5.74) is 1.54. The molecule has 0 saturated carbocycles. The summed E-state index contributed by atoms with van der Waals surface area (Å²) in [4.78, 5) is 12.3. The summed E-state index contributed by atoms with van der Waals surface area (Å²) in [6, 6.07) is 14.3. The van der Waals surface area contributed by atoms with E-state index in [-0.39, 0.29) is 19.5 Å². The van der Waals surface area contributed by atoms with E-state index in [1.165, 1.54) is 11.4 Å². The molecule has 0 amide bonds. The maximum absolute atomic E-state index is 13.5. The highest BCUT2D eigenvalue weighted by atomic mass is 32.2. The predicted octanol–water partition coefficient (Wildman–Crippen LogP) is 3.54. The van der Waals surface area contributed by atoms with Gasteiger partial charge in [-0.3, -0.25) is 4.79 Å². The molecule has 0 bridgehead atoms. The van der Waals surface area contributed by atoms with Gasteiger partial charge in [0.15, 0.2) is 5.25 Å². The Morgan fingerprint density at radius 2 is 1.39 bits per heavy atom. The van der Waals surface area contributed by atoms with Crippen LogP contribution in [-0.4, -0.2) is 45.3 Å². The Morgan fingerprint density at radius 1 is 0.935 bits per heavy atom. The number of benzene rings is 2. The quantitative estimate of drug-likeness (QED) is 0.366. The van der Waals surface area contributed by atoms with Gasteiger partial charge in [-0.25, -0.2) is 8.42 Å². The maximum atomic E-state index is 13.5. The van der Waals surface area contributed by atoms with Gasteiger partial charge in [-0.2, -0.15) is 4.31 Å². The summed E-state index contributed by atoms with van der Waals surface area (Å²) in [5, 5.41) is -1.31. The second kappa shape index (κ2) is 11.5. The minimum absolute atomic E-state index is 0.0972. The van der Waals surface area contributed by atoms with Crippen molar-refractivity contribution < 1.29 is 27.4 Å². The zero-order valence-corrected chi connectivity index (χ0v) is 18.9. The lowest BCUT2D eigenvalue weighted by Gasteiger charge is -2.26. The third-order valence-corrected chi connectivity index (χ3v) is 6.98. The van der Waals surface area contributed by atoms with Gasteiger partial charge in [0.05, 0.1) is 21.3 Å². The maximum Gasteiger partial charge on any atom is 0.325 e. The summed E-state index contributed by atoms with van der Waals surface area (Å²) in [5.74, 6) is 0.565. The Balaban J connectivity index is 2.40. The van der Waals surface area contributed by atoms with E-state index in [1.54, 1.807) is 68.8 Å². The average molecular weight is 448 g/mol. The van der Waals surface area contributed by atoms with Crippen molar-refractivity contribution in [1.82, 2.24) is 4.31 Å². The molecule has 0 aliphatic heterocycles. The summed E-state index contributed by atoms with van der Waals surface area (Å²) in [7, 11) is 0.296. The number of ether oxygens (including phenoxy) is 3. The summed E-state index contributed by atoms with van der Waals surface area (Å²) in [6.45, 7) is 3.82. The number of hydrogen-bond donors (Lipinski definition) is 0. The molecule has 0 unspecified atom stereocenters. The van der Waals surface area contributed by atoms with Crippen LogP contribution >= 0.6 is 0 Å². The highest BCUT2D eigenvalue weighted by molar-refractivity contribution is 7.90. The van der Waals surface area contributed by atoms with Gasteiger partial charge in [0.2, 0.25) is 10.0 Å². The van der Waals surface area contributed by atoms with Gasteiger partial charge in [-0.15, -0.1) is 6.58 Å². The van der Waals surface area contributed by atoms with E-state index < -0.39 is 21.2 Å². The molecule has 0 N–H and O–H groups in total. The molecule has 2 aromatic rings. The van der Waals surface area contributed by atoms with Crippen molar-refractivity contribution in [3.63, 3.8) is 0 Å². The van der Waals surface area contributed by atoms with Crippen molar-refractivity contribution in [1.29, 1.82) is 0 Å². The monoisotopic (exact) mass is 447 g/mol. The van der Waals surface area contributed by atoms with Crippen molar-refractivity contribution >= 4 is 16.0 Å². The molecule has 0 aliphatic rings. The lowest BCUT2D eigenvalue weighted by Crippen LogP contribution is -2.42. The molecule has 0 aromatic heterocycles. The second-order valence-corrected chi connectivity index (χ2v) is 9.00. The number of sulfonamides is 1. The van der Waals surface area contributed by atoms with Crippen LogP contribution in [0.5, 0.6) is 11.5 Å². The topological polar surface area (TPSA) is 82.1 Å². The van der Waals surface area contributed by atoms with Crippen LogP contribution in [0.1, 0.15) is 24.0 Å². The van der Waals surface area contributed by atoms with Gasteiger partial charge in [0.25, 0.3) is 0 Å². The minimum Gasteiger partial charge on any atom is -0.497 e. The van der Waals surface area contributed by atoms with Gasteiger partial charge in [-0.1, -0.05) is 30.3 Å². The van der Waals surface area contributed by atoms with Crippen LogP contribution in [-0.2, 0) is 32.6 Å². The summed E-state index contributed by atoms with van der Waals surface area (Å²) >= 11 is 0. The molecule has 0 fully saturated rings. The SMILES string of the molecule is C=CCC[C@H](C(=O)OC)S(=O)(=O)N(Cc1ccc(OC)cc1)Cc1ccc(OC)cc1. The fourth-order valence-corrected chi connectivity index (χ4v) is 4.87. The third kappa shape index (κ3) is 6.57. The Labute approximate surface area is 184 Å². The smallest absolute Gasteiger partial charge is 0.325 e. The van der Waals surface area contributed by atoms with Crippen LogP contribution in [0, 0.1) is 0 Å². The fourth-order valence-electron chi connectivity index (χ4n) is 3.07. The molecule has 1 atom stereocenters. The van der Waals surface area contributed by atoms with Crippen LogP contribution in [0.25, 0.3) is 0 Å². The lowest BCUT2D eigenvalue weighted by atomic mass is 10.2. The van der Waals surface area contributed by atoms with Gasteiger partial charge in [0, 0.05) is 13.1 Å². The van der Waals surface area contributed by atoms with E-state index >= 15 is 0 Å². The van der Waals surface area contributed by atoms with E-state index in [4.69, 9.17) is 14.2 Å². The molecule has 0 aliphatic carbocycles. The van der Waals surface area contributed by atoms with Crippen LogP contribution < -0.4 is 9.47 Å². The molecule has 0 spiro atoms. The molecule has 2 rings (SSSR count). The lowest BCUT2D eigenvalue weighted by molar-refractivity contribution is -0.140. The van der Waals surface area contributed by atoms with Crippen LogP contribution in [0.2, 0.25) is 0 Å². The number of hydrogen-bond acceptors (Lipinski definition) is 6. The molecular weight excluding hydrogens is 418 g/mol. The van der Waals surface area contributed by atoms with Crippen molar-refractivity contribution in [3.05, 3.63) is 72.3 Å².